The van der Waals surface area contributed by atoms with E-state index in [1.165, 1.54) is 25.6 Å². The lowest BCUT2D eigenvalue weighted by atomic mass is 10.1. The fourth-order valence-corrected chi connectivity index (χ4v) is 4.35. The lowest BCUT2D eigenvalue weighted by molar-refractivity contribution is 0.102. The minimum Gasteiger partial charge on any atom is -0.497 e. The smallest absolute Gasteiger partial charge is 0.261 e. The van der Waals surface area contributed by atoms with Gasteiger partial charge in [-0.1, -0.05) is 12.1 Å². The van der Waals surface area contributed by atoms with Gasteiger partial charge in [0.2, 0.25) is 12.3 Å². The Labute approximate surface area is 196 Å². The molecule has 9 nitrogen and oxygen atoms in total. The number of rotatable bonds is 7. The number of ether oxygens (including phenoxy) is 1. The molecule has 1 aromatic heterocycles. The highest BCUT2D eigenvalue weighted by Gasteiger charge is 2.19. The summed E-state index contributed by atoms with van der Waals surface area (Å²) >= 11 is 0. The number of benzene rings is 3. The molecule has 34 heavy (non-hydrogen) atoms. The Bertz CT molecular complexity index is 1430. The molecule has 0 fully saturated rings. The van der Waals surface area contributed by atoms with Crippen LogP contribution in [0.2, 0.25) is 0 Å². The van der Waals surface area contributed by atoms with Gasteiger partial charge in [0, 0.05) is 22.5 Å². The van der Waals surface area contributed by atoms with Crippen LogP contribution in [0.15, 0.2) is 76.4 Å². The van der Waals surface area contributed by atoms with Gasteiger partial charge in [-0.25, -0.2) is 8.42 Å². The summed E-state index contributed by atoms with van der Waals surface area (Å²) in [7, 11) is -2.39. The van der Waals surface area contributed by atoms with Crippen LogP contribution in [0.25, 0.3) is 11.5 Å². The average molecular weight is 479 g/mol. The molecule has 0 aliphatic heterocycles. The van der Waals surface area contributed by atoms with Gasteiger partial charge in [0.15, 0.2) is 0 Å². The number of carbonyl (C=O) groups excluding carboxylic acids is 1. The van der Waals surface area contributed by atoms with Gasteiger partial charge in [-0.3, -0.25) is 9.52 Å². The first-order chi connectivity index (χ1) is 16.3. The van der Waals surface area contributed by atoms with Crippen molar-refractivity contribution in [1.82, 2.24) is 10.2 Å². The van der Waals surface area contributed by atoms with Crippen molar-refractivity contribution >= 4 is 27.3 Å². The van der Waals surface area contributed by atoms with Crippen molar-refractivity contribution in [2.24, 2.45) is 0 Å². The molecule has 174 valence electrons. The third kappa shape index (κ3) is 4.91. The summed E-state index contributed by atoms with van der Waals surface area (Å²) in [6.45, 7) is 3.59. The van der Waals surface area contributed by atoms with Crippen molar-refractivity contribution in [3.8, 4) is 17.2 Å². The quantitative estimate of drug-likeness (QED) is 0.403. The van der Waals surface area contributed by atoms with Crippen LogP contribution in [0, 0.1) is 13.8 Å². The Morgan fingerprint density at radius 2 is 1.71 bits per heavy atom. The van der Waals surface area contributed by atoms with E-state index in [4.69, 9.17) is 9.15 Å². The number of nitrogens with zero attached hydrogens (tertiary/aromatic N) is 2. The van der Waals surface area contributed by atoms with E-state index in [2.05, 4.69) is 20.2 Å². The molecule has 4 aromatic rings. The summed E-state index contributed by atoms with van der Waals surface area (Å²) < 4.78 is 38.7. The van der Waals surface area contributed by atoms with Crippen LogP contribution in [0.1, 0.15) is 21.5 Å². The van der Waals surface area contributed by atoms with Crippen LogP contribution in [-0.2, 0) is 10.0 Å². The number of sulfonamides is 1. The van der Waals surface area contributed by atoms with Crippen molar-refractivity contribution in [3.05, 3.63) is 83.7 Å². The van der Waals surface area contributed by atoms with Gasteiger partial charge in [-0.15, -0.1) is 10.2 Å². The van der Waals surface area contributed by atoms with Gasteiger partial charge < -0.3 is 14.5 Å². The highest BCUT2D eigenvalue weighted by Crippen LogP contribution is 2.26. The molecule has 2 N–H and O–H groups in total. The zero-order valence-corrected chi connectivity index (χ0v) is 19.5. The lowest BCUT2D eigenvalue weighted by Gasteiger charge is -2.13. The van der Waals surface area contributed by atoms with Gasteiger partial charge in [-0.05, 0) is 73.5 Å². The number of carbonyl (C=O) groups is 1. The normalized spacial score (nSPS) is 11.1. The molecule has 0 bridgehead atoms. The summed E-state index contributed by atoms with van der Waals surface area (Å²) in [5.74, 6) is 0.491. The van der Waals surface area contributed by atoms with Crippen molar-refractivity contribution in [2.45, 2.75) is 18.7 Å². The third-order valence-electron chi connectivity index (χ3n) is 5.20. The zero-order chi connectivity index (χ0) is 24.3. The predicted octanol–water partition coefficient (Wildman–Crippen LogP) is 4.42. The van der Waals surface area contributed by atoms with E-state index in [-0.39, 0.29) is 10.5 Å². The molecule has 0 saturated heterocycles. The number of nitrogens with one attached hydrogen (secondary N) is 2. The molecular formula is C24H22N4O5S. The summed E-state index contributed by atoms with van der Waals surface area (Å²) in [4.78, 5) is 13.1. The fraction of sp³-hybridized carbons (Fsp3) is 0.125. The second kappa shape index (κ2) is 9.36. The Balaban J connectivity index is 1.59. The van der Waals surface area contributed by atoms with Gasteiger partial charge in [0.25, 0.3) is 15.9 Å². The molecule has 1 amide bonds. The Morgan fingerprint density at radius 1 is 0.971 bits per heavy atom. The minimum absolute atomic E-state index is 0.0320. The first kappa shape index (κ1) is 23.0. The van der Waals surface area contributed by atoms with Crippen LogP contribution in [0.4, 0.5) is 11.4 Å². The summed E-state index contributed by atoms with van der Waals surface area (Å²) in [5, 5.41) is 10.4. The van der Waals surface area contributed by atoms with Gasteiger partial charge in [-0.2, -0.15) is 0 Å². The topological polar surface area (TPSA) is 123 Å². The first-order valence-corrected chi connectivity index (χ1v) is 11.7. The molecule has 0 radical (unpaired) electrons. The number of hydrogen-bond donors (Lipinski definition) is 2. The Kier molecular flexibility index (Phi) is 6.33. The molecule has 10 heteroatoms. The Hall–Kier alpha value is -4.18. The van der Waals surface area contributed by atoms with Gasteiger partial charge in [0.1, 0.15) is 5.75 Å². The Morgan fingerprint density at radius 3 is 2.38 bits per heavy atom. The third-order valence-corrected chi connectivity index (χ3v) is 6.58. The molecule has 3 aromatic carbocycles. The van der Waals surface area contributed by atoms with Crippen molar-refractivity contribution in [1.29, 1.82) is 0 Å². The number of aryl methyl sites for hydroxylation is 2. The number of aromatic nitrogens is 2. The highest BCUT2D eigenvalue weighted by molar-refractivity contribution is 7.92. The molecule has 4 rings (SSSR count). The van der Waals surface area contributed by atoms with Crippen molar-refractivity contribution in [3.63, 3.8) is 0 Å². The van der Waals surface area contributed by atoms with Crippen LogP contribution in [0.5, 0.6) is 5.75 Å². The SMILES string of the molecule is COc1ccc(NS(=O)(=O)c2ccc(C)c(C(=O)Nc3cc(-c4nnco4)ccc3C)c2)cc1. The van der Waals surface area contributed by atoms with E-state index < -0.39 is 15.9 Å². The second-order valence-corrected chi connectivity index (χ2v) is 9.22. The zero-order valence-electron chi connectivity index (χ0n) is 18.7. The number of amides is 1. The van der Waals surface area contributed by atoms with Crippen LogP contribution in [0.3, 0.4) is 0 Å². The molecule has 0 spiro atoms. The molecule has 0 aliphatic rings. The number of anilines is 2. The summed E-state index contributed by atoms with van der Waals surface area (Å²) in [5.41, 5.74) is 3.26. The van der Waals surface area contributed by atoms with Gasteiger partial charge >= 0.3 is 0 Å². The number of hydrogen-bond acceptors (Lipinski definition) is 7. The minimum atomic E-state index is -3.92. The van der Waals surface area contributed by atoms with Crippen molar-refractivity contribution < 1.29 is 22.4 Å². The first-order valence-electron chi connectivity index (χ1n) is 10.2. The molecular weight excluding hydrogens is 456 g/mol. The van der Waals surface area contributed by atoms with Crippen LogP contribution in [-0.4, -0.2) is 31.6 Å². The lowest BCUT2D eigenvalue weighted by Crippen LogP contribution is -2.17. The van der Waals surface area contributed by atoms with E-state index in [1.807, 2.05) is 19.1 Å². The predicted molar refractivity (Wildman–Crippen MR) is 127 cm³/mol. The molecule has 1 heterocycles. The van der Waals surface area contributed by atoms with E-state index >= 15 is 0 Å². The fourth-order valence-electron chi connectivity index (χ4n) is 3.26. The van der Waals surface area contributed by atoms with E-state index in [1.54, 1.807) is 43.3 Å². The summed E-state index contributed by atoms with van der Waals surface area (Å²) in [6.07, 6.45) is 1.22. The van der Waals surface area contributed by atoms with Gasteiger partial charge in [0.05, 0.1) is 12.0 Å². The van der Waals surface area contributed by atoms with Crippen molar-refractivity contribution in [2.75, 3.05) is 17.1 Å². The monoisotopic (exact) mass is 478 g/mol. The molecule has 0 saturated carbocycles. The summed E-state index contributed by atoms with van der Waals surface area (Å²) in [6, 6.07) is 16.2. The number of methoxy groups -OCH3 is 1. The highest BCUT2D eigenvalue weighted by atomic mass is 32.2. The maximum atomic E-state index is 13.1. The average Bonchev–Trinajstić information content (AvgIpc) is 3.36. The second-order valence-electron chi connectivity index (χ2n) is 7.54. The standard InChI is InChI=1S/C24H22N4O5S/c1-15-5-11-20(34(30,31)28-18-7-9-19(32-3)10-8-18)13-21(15)23(29)26-22-12-17(6-4-16(22)2)24-27-25-14-33-24/h4-14,28H,1-3H3,(H,26,29). The van der Waals surface area contributed by atoms with Crippen LogP contribution < -0.4 is 14.8 Å². The van der Waals surface area contributed by atoms with E-state index in [0.29, 0.717) is 34.1 Å². The van der Waals surface area contributed by atoms with E-state index in [0.717, 1.165) is 5.56 Å². The molecule has 0 aliphatic carbocycles. The molecule has 0 atom stereocenters. The van der Waals surface area contributed by atoms with Crippen LogP contribution >= 0.6 is 0 Å². The molecule has 0 unspecified atom stereocenters. The maximum absolute atomic E-state index is 13.1. The largest absolute Gasteiger partial charge is 0.497 e. The maximum Gasteiger partial charge on any atom is 0.261 e. The van der Waals surface area contributed by atoms with E-state index in [9.17, 15) is 13.2 Å².